The van der Waals surface area contributed by atoms with Crippen LogP contribution in [0.1, 0.15) is 16.8 Å². The van der Waals surface area contributed by atoms with Crippen LogP contribution in [0.25, 0.3) is 0 Å². The van der Waals surface area contributed by atoms with E-state index in [9.17, 15) is 19.8 Å². The van der Waals surface area contributed by atoms with Crippen LogP contribution in [-0.2, 0) is 9.53 Å². The number of esters is 1. The number of rotatable bonds is 8. The molecular weight excluding hydrogens is 346 g/mol. The molecule has 1 amide bonds. The van der Waals surface area contributed by atoms with Crippen LogP contribution in [0.5, 0.6) is 0 Å². The number of carbonyl (C=O) groups excluding carboxylic acids is 2. The molecule has 0 saturated carbocycles. The van der Waals surface area contributed by atoms with Gasteiger partial charge >= 0.3 is 5.97 Å². The van der Waals surface area contributed by atoms with E-state index in [1.807, 2.05) is 18.2 Å². The van der Waals surface area contributed by atoms with Crippen LogP contribution in [0.4, 0.5) is 5.69 Å². The second kappa shape index (κ2) is 10.1. The van der Waals surface area contributed by atoms with E-state index in [1.54, 1.807) is 49.5 Å². The summed E-state index contributed by atoms with van der Waals surface area (Å²) in [6, 6.07) is 17.5. The summed E-state index contributed by atoms with van der Waals surface area (Å²) in [5.74, 6) is -1.83. The molecule has 0 fully saturated rings. The lowest BCUT2D eigenvalue weighted by Crippen LogP contribution is -2.33. The molecule has 2 aromatic rings. The minimum Gasteiger partial charge on any atom is -0.509 e. The zero-order chi connectivity index (χ0) is 19.6. The summed E-state index contributed by atoms with van der Waals surface area (Å²) in [5, 5.41) is 19.3. The summed E-state index contributed by atoms with van der Waals surface area (Å²) in [5.41, 5.74) is 1.07. The molecule has 2 aromatic carbocycles. The van der Waals surface area contributed by atoms with Gasteiger partial charge in [0.15, 0.2) is 0 Å². The normalized spacial score (nSPS) is 12.3. The van der Waals surface area contributed by atoms with Crippen molar-refractivity contribution in [2.45, 2.75) is 6.42 Å². The van der Waals surface area contributed by atoms with E-state index in [4.69, 9.17) is 4.74 Å². The Morgan fingerprint density at radius 2 is 1.67 bits per heavy atom. The maximum absolute atomic E-state index is 12.7. The molecule has 142 valence electrons. The van der Waals surface area contributed by atoms with Crippen molar-refractivity contribution >= 4 is 17.6 Å². The molecule has 2 rings (SSSR count). The van der Waals surface area contributed by atoms with Crippen molar-refractivity contribution in [3.8, 4) is 0 Å². The van der Waals surface area contributed by atoms with Gasteiger partial charge in [0.25, 0.3) is 0 Å². The summed E-state index contributed by atoms with van der Waals surface area (Å²) in [7, 11) is 1.63. The van der Waals surface area contributed by atoms with Crippen LogP contribution < -0.4 is 4.90 Å². The monoisotopic (exact) mass is 369 g/mol. The minimum absolute atomic E-state index is 0.146. The van der Waals surface area contributed by atoms with Gasteiger partial charge in [-0.05, 0) is 36.8 Å². The highest BCUT2D eigenvalue weighted by Crippen LogP contribution is 2.18. The molecule has 0 spiro atoms. The van der Waals surface area contributed by atoms with Crippen molar-refractivity contribution in [2.24, 2.45) is 5.92 Å². The lowest BCUT2D eigenvalue weighted by atomic mass is 10.0. The van der Waals surface area contributed by atoms with Gasteiger partial charge in [0.05, 0.1) is 11.5 Å². The number of nitrogens with zero attached hydrogens (tertiary/aromatic N) is 1. The second-order valence-electron chi connectivity index (χ2n) is 5.95. The lowest BCUT2D eigenvalue weighted by Gasteiger charge is -2.22. The molecule has 0 heterocycles. The van der Waals surface area contributed by atoms with Crippen molar-refractivity contribution in [1.29, 1.82) is 0 Å². The molecule has 2 N–H and O–H groups in total. The van der Waals surface area contributed by atoms with Crippen molar-refractivity contribution < 1.29 is 24.5 Å². The first-order chi connectivity index (χ1) is 13.0. The Labute approximate surface area is 158 Å². The Kier molecular flexibility index (Phi) is 7.58. The van der Waals surface area contributed by atoms with Gasteiger partial charge in [-0.1, -0.05) is 36.4 Å². The highest BCUT2D eigenvalue weighted by Gasteiger charge is 2.22. The van der Waals surface area contributed by atoms with Crippen LogP contribution in [0.15, 0.2) is 72.5 Å². The maximum atomic E-state index is 12.7. The van der Waals surface area contributed by atoms with Crippen LogP contribution in [0.2, 0.25) is 0 Å². The zero-order valence-corrected chi connectivity index (χ0v) is 15.1. The third-order valence-corrected chi connectivity index (χ3v) is 3.99. The number of benzene rings is 2. The number of hydrogen-bond acceptors (Lipinski definition) is 5. The summed E-state index contributed by atoms with van der Waals surface area (Å²) >= 11 is 0. The average Bonchev–Trinajstić information content (AvgIpc) is 2.72. The maximum Gasteiger partial charge on any atom is 0.338 e. The van der Waals surface area contributed by atoms with Gasteiger partial charge in [0.1, 0.15) is 12.4 Å². The second-order valence-corrected chi connectivity index (χ2v) is 5.95. The predicted molar refractivity (Wildman–Crippen MR) is 102 cm³/mol. The van der Waals surface area contributed by atoms with Crippen LogP contribution in [-0.4, -0.2) is 42.4 Å². The van der Waals surface area contributed by atoms with Gasteiger partial charge < -0.3 is 19.8 Å². The predicted octanol–water partition coefficient (Wildman–Crippen LogP) is 2.95. The summed E-state index contributed by atoms with van der Waals surface area (Å²) in [4.78, 5) is 26.1. The molecule has 6 nitrogen and oxygen atoms in total. The van der Waals surface area contributed by atoms with Gasteiger partial charge in [0, 0.05) is 19.3 Å². The third-order valence-electron chi connectivity index (χ3n) is 3.99. The van der Waals surface area contributed by atoms with Crippen LogP contribution in [0.3, 0.4) is 0 Å². The van der Waals surface area contributed by atoms with Crippen LogP contribution >= 0.6 is 0 Å². The van der Waals surface area contributed by atoms with Crippen LogP contribution in [0, 0.1) is 5.92 Å². The van der Waals surface area contributed by atoms with E-state index in [2.05, 4.69) is 0 Å². The van der Waals surface area contributed by atoms with Gasteiger partial charge in [0.2, 0.25) is 5.91 Å². The average molecular weight is 369 g/mol. The molecule has 0 bridgehead atoms. The van der Waals surface area contributed by atoms with E-state index in [0.29, 0.717) is 11.3 Å². The van der Waals surface area contributed by atoms with Crippen molar-refractivity contribution in [3.63, 3.8) is 0 Å². The van der Waals surface area contributed by atoms with Gasteiger partial charge in [-0.2, -0.15) is 0 Å². The lowest BCUT2D eigenvalue weighted by molar-refractivity contribution is -0.121. The quantitative estimate of drug-likeness (QED) is 0.552. The molecule has 0 radical (unpaired) electrons. The highest BCUT2D eigenvalue weighted by molar-refractivity contribution is 5.95. The Bertz CT molecular complexity index is 774. The van der Waals surface area contributed by atoms with E-state index in [1.165, 1.54) is 11.0 Å². The largest absolute Gasteiger partial charge is 0.509 e. The standard InChI is InChI=1S/C21H23NO5/c1-22(18-10-6-3-7-11-18)20(25)17(12-13-23)14-19(24)15-27-21(26)16-8-4-2-5-9-16/h2-11,14,17,23-24H,12-13,15H2,1H3/t17-/m0/s1. The summed E-state index contributed by atoms with van der Waals surface area (Å²) < 4.78 is 5.05. The number of carbonyl (C=O) groups is 2. The molecule has 0 aliphatic carbocycles. The Balaban J connectivity index is 2.02. The Hall–Kier alpha value is -3.12. The Morgan fingerprint density at radius 3 is 2.26 bits per heavy atom. The smallest absolute Gasteiger partial charge is 0.338 e. The van der Waals surface area contributed by atoms with Gasteiger partial charge in [-0.15, -0.1) is 0 Å². The number of hydrogen-bond donors (Lipinski definition) is 2. The molecule has 0 aliphatic heterocycles. The number of para-hydroxylation sites is 1. The third kappa shape index (κ3) is 5.97. The topological polar surface area (TPSA) is 87.1 Å². The molecule has 0 aromatic heterocycles. The zero-order valence-electron chi connectivity index (χ0n) is 15.1. The first-order valence-corrected chi connectivity index (χ1v) is 8.58. The molecule has 0 aliphatic rings. The first kappa shape index (κ1) is 20.2. The fraction of sp³-hybridized carbons (Fsp3) is 0.238. The minimum atomic E-state index is -0.740. The summed E-state index contributed by atoms with van der Waals surface area (Å²) in [6.07, 6.45) is 1.46. The van der Waals surface area contributed by atoms with E-state index >= 15 is 0 Å². The van der Waals surface area contributed by atoms with Crippen molar-refractivity contribution in [1.82, 2.24) is 0 Å². The first-order valence-electron chi connectivity index (χ1n) is 8.58. The highest BCUT2D eigenvalue weighted by atomic mass is 16.5. The number of ether oxygens (including phenoxy) is 1. The van der Waals surface area contributed by atoms with Crippen molar-refractivity contribution in [2.75, 3.05) is 25.2 Å². The molecule has 6 heteroatoms. The number of aliphatic hydroxyl groups excluding tert-OH is 2. The molecular formula is C21H23NO5. The van der Waals surface area contributed by atoms with Crippen molar-refractivity contribution in [3.05, 3.63) is 78.1 Å². The molecule has 1 atom stereocenters. The fourth-order valence-corrected chi connectivity index (χ4v) is 2.52. The summed E-state index contributed by atoms with van der Waals surface area (Å²) in [6.45, 7) is -0.565. The SMILES string of the molecule is CN(C(=O)[C@H](C=C(O)COC(=O)c1ccccc1)CCO)c1ccccc1. The fourth-order valence-electron chi connectivity index (χ4n) is 2.52. The number of aliphatic hydroxyl groups is 2. The van der Waals surface area contributed by atoms with Gasteiger partial charge in [-0.25, -0.2) is 4.79 Å². The molecule has 27 heavy (non-hydrogen) atoms. The number of anilines is 1. The van der Waals surface area contributed by atoms with E-state index in [-0.39, 0.29) is 31.3 Å². The molecule has 0 saturated heterocycles. The Morgan fingerprint density at radius 1 is 1.07 bits per heavy atom. The number of amides is 1. The molecule has 0 unspecified atom stereocenters. The van der Waals surface area contributed by atoms with E-state index < -0.39 is 11.9 Å². The van der Waals surface area contributed by atoms with E-state index in [0.717, 1.165) is 0 Å². The van der Waals surface area contributed by atoms with Gasteiger partial charge in [-0.3, -0.25) is 4.79 Å².